The van der Waals surface area contributed by atoms with Crippen LogP contribution in [0.5, 0.6) is 0 Å². The molecule has 0 aromatic carbocycles. The molecule has 1 saturated heterocycles. The SMILES string of the molecule is Cc1nnc(CN2CCN(c3nc(C4CC4)nc4c3CCC4)CC2)o1. The van der Waals surface area contributed by atoms with Crippen LogP contribution in [0.4, 0.5) is 5.82 Å². The standard InChI is InChI=1S/C18H24N6O/c1-12-21-22-16(25-12)11-23-7-9-24(10-8-23)18-14-3-2-4-15(14)19-17(20-18)13-5-6-13/h13H,2-11H2,1H3. The van der Waals surface area contributed by atoms with Crippen LogP contribution >= 0.6 is 0 Å². The second kappa shape index (κ2) is 6.05. The lowest BCUT2D eigenvalue weighted by molar-refractivity contribution is 0.224. The molecule has 7 heteroatoms. The second-order valence-electron chi connectivity index (χ2n) is 7.44. The van der Waals surface area contributed by atoms with Crippen molar-refractivity contribution in [2.24, 2.45) is 0 Å². The van der Waals surface area contributed by atoms with Gasteiger partial charge in [-0.25, -0.2) is 9.97 Å². The third-order valence-corrected chi connectivity index (χ3v) is 5.47. The highest BCUT2D eigenvalue weighted by atomic mass is 16.4. The molecule has 1 saturated carbocycles. The van der Waals surface area contributed by atoms with E-state index in [1.54, 1.807) is 0 Å². The minimum absolute atomic E-state index is 0.617. The molecule has 0 amide bonds. The first-order valence-corrected chi connectivity index (χ1v) is 9.42. The number of aryl methyl sites for hydroxylation is 2. The third-order valence-electron chi connectivity index (χ3n) is 5.47. The summed E-state index contributed by atoms with van der Waals surface area (Å²) in [7, 11) is 0. The van der Waals surface area contributed by atoms with Gasteiger partial charge in [-0.1, -0.05) is 0 Å². The van der Waals surface area contributed by atoms with Crippen LogP contribution in [-0.2, 0) is 19.4 Å². The van der Waals surface area contributed by atoms with E-state index in [4.69, 9.17) is 14.4 Å². The van der Waals surface area contributed by atoms with E-state index in [2.05, 4.69) is 20.0 Å². The summed E-state index contributed by atoms with van der Waals surface area (Å²) in [6.07, 6.45) is 6.00. The lowest BCUT2D eigenvalue weighted by Gasteiger charge is -2.35. The van der Waals surface area contributed by atoms with E-state index in [1.165, 1.54) is 36.3 Å². The van der Waals surface area contributed by atoms with Gasteiger partial charge in [-0.2, -0.15) is 0 Å². The Morgan fingerprint density at radius 2 is 1.88 bits per heavy atom. The van der Waals surface area contributed by atoms with Crippen molar-refractivity contribution in [1.82, 2.24) is 25.1 Å². The monoisotopic (exact) mass is 340 g/mol. The average molecular weight is 340 g/mol. The maximum atomic E-state index is 5.51. The summed E-state index contributed by atoms with van der Waals surface area (Å²) in [6.45, 7) is 6.57. The van der Waals surface area contributed by atoms with E-state index in [9.17, 15) is 0 Å². The van der Waals surface area contributed by atoms with Gasteiger partial charge in [0.15, 0.2) is 0 Å². The highest BCUT2D eigenvalue weighted by molar-refractivity contribution is 5.52. The number of nitrogens with zero attached hydrogens (tertiary/aromatic N) is 6. The summed E-state index contributed by atoms with van der Waals surface area (Å²) in [5, 5.41) is 8.03. The molecule has 2 aromatic rings. The number of fused-ring (bicyclic) bond motifs is 1. The highest BCUT2D eigenvalue weighted by Gasteiger charge is 2.31. The van der Waals surface area contributed by atoms with Gasteiger partial charge in [0.1, 0.15) is 11.6 Å². The lowest BCUT2D eigenvalue weighted by atomic mass is 10.2. The average Bonchev–Trinajstić information content (AvgIpc) is 3.23. The maximum absolute atomic E-state index is 5.51. The van der Waals surface area contributed by atoms with Gasteiger partial charge in [0.05, 0.1) is 6.54 Å². The predicted octanol–water partition coefficient (Wildman–Crippen LogP) is 1.86. The van der Waals surface area contributed by atoms with Crippen LogP contribution in [0.3, 0.4) is 0 Å². The van der Waals surface area contributed by atoms with Gasteiger partial charge >= 0.3 is 0 Å². The molecular formula is C18H24N6O. The zero-order valence-corrected chi connectivity index (χ0v) is 14.7. The molecule has 0 bridgehead atoms. The molecule has 25 heavy (non-hydrogen) atoms. The minimum atomic E-state index is 0.617. The fourth-order valence-corrected chi connectivity index (χ4v) is 3.93. The number of piperazine rings is 1. The van der Waals surface area contributed by atoms with Crippen molar-refractivity contribution in [2.45, 2.75) is 51.5 Å². The van der Waals surface area contributed by atoms with Gasteiger partial charge in [0, 0.05) is 50.3 Å². The molecule has 1 aliphatic heterocycles. The fourth-order valence-electron chi connectivity index (χ4n) is 3.93. The number of anilines is 1. The van der Waals surface area contributed by atoms with Crippen LogP contribution < -0.4 is 4.90 Å². The summed E-state index contributed by atoms with van der Waals surface area (Å²) in [5.74, 6) is 4.28. The first-order chi connectivity index (χ1) is 12.3. The van der Waals surface area contributed by atoms with Crippen LogP contribution in [0.1, 0.15) is 54.0 Å². The van der Waals surface area contributed by atoms with E-state index < -0.39 is 0 Å². The molecule has 0 N–H and O–H groups in total. The second-order valence-corrected chi connectivity index (χ2v) is 7.44. The van der Waals surface area contributed by atoms with Gasteiger partial charge in [-0.05, 0) is 32.1 Å². The van der Waals surface area contributed by atoms with Crippen molar-refractivity contribution in [2.75, 3.05) is 31.1 Å². The lowest BCUT2D eigenvalue weighted by Crippen LogP contribution is -2.46. The summed E-state index contributed by atoms with van der Waals surface area (Å²) < 4.78 is 5.51. The summed E-state index contributed by atoms with van der Waals surface area (Å²) in [5.41, 5.74) is 2.72. The van der Waals surface area contributed by atoms with Crippen molar-refractivity contribution in [1.29, 1.82) is 0 Å². The van der Waals surface area contributed by atoms with Gasteiger partial charge in [-0.3, -0.25) is 4.90 Å². The normalized spacial score (nSPS) is 20.9. The highest BCUT2D eigenvalue weighted by Crippen LogP contribution is 2.40. The van der Waals surface area contributed by atoms with E-state index in [0.29, 0.717) is 17.7 Å². The largest absolute Gasteiger partial charge is 0.424 e. The van der Waals surface area contributed by atoms with Crippen molar-refractivity contribution >= 4 is 5.82 Å². The molecule has 3 heterocycles. The molecule has 2 fully saturated rings. The van der Waals surface area contributed by atoms with Gasteiger partial charge in [0.2, 0.25) is 11.8 Å². The Kier molecular flexibility index (Phi) is 3.69. The molecule has 2 aromatic heterocycles. The molecule has 0 atom stereocenters. The Balaban J connectivity index is 1.30. The van der Waals surface area contributed by atoms with E-state index in [0.717, 1.165) is 51.4 Å². The molecule has 3 aliphatic rings. The predicted molar refractivity (Wildman–Crippen MR) is 92.6 cm³/mol. The molecule has 2 aliphatic carbocycles. The first-order valence-electron chi connectivity index (χ1n) is 9.42. The number of hydrogen-bond acceptors (Lipinski definition) is 7. The zero-order chi connectivity index (χ0) is 16.8. The Morgan fingerprint density at radius 3 is 2.60 bits per heavy atom. The van der Waals surface area contributed by atoms with Crippen molar-refractivity contribution in [3.63, 3.8) is 0 Å². The zero-order valence-electron chi connectivity index (χ0n) is 14.7. The first kappa shape index (κ1) is 15.3. The number of hydrogen-bond donors (Lipinski definition) is 0. The summed E-state index contributed by atoms with van der Waals surface area (Å²) >= 11 is 0. The van der Waals surface area contributed by atoms with E-state index in [-0.39, 0.29) is 0 Å². The van der Waals surface area contributed by atoms with Crippen LogP contribution in [-0.4, -0.2) is 51.2 Å². The Hall–Kier alpha value is -2.02. The van der Waals surface area contributed by atoms with Crippen molar-refractivity contribution < 1.29 is 4.42 Å². The van der Waals surface area contributed by atoms with Gasteiger partial charge < -0.3 is 9.32 Å². The fraction of sp³-hybridized carbons (Fsp3) is 0.667. The van der Waals surface area contributed by atoms with Crippen LogP contribution in [0.15, 0.2) is 4.42 Å². The molecule has 132 valence electrons. The smallest absolute Gasteiger partial charge is 0.230 e. The van der Waals surface area contributed by atoms with E-state index >= 15 is 0 Å². The molecule has 0 unspecified atom stereocenters. The number of rotatable bonds is 4. The molecule has 7 nitrogen and oxygen atoms in total. The van der Waals surface area contributed by atoms with Gasteiger partial charge in [0.25, 0.3) is 0 Å². The van der Waals surface area contributed by atoms with Crippen LogP contribution in [0.2, 0.25) is 0 Å². The quantitative estimate of drug-likeness (QED) is 0.841. The van der Waals surface area contributed by atoms with Crippen molar-refractivity contribution in [3.8, 4) is 0 Å². The Morgan fingerprint density at radius 1 is 1.04 bits per heavy atom. The molecule has 0 spiro atoms. The molecular weight excluding hydrogens is 316 g/mol. The summed E-state index contributed by atoms with van der Waals surface area (Å²) in [6, 6.07) is 0. The molecule has 0 radical (unpaired) electrons. The van der Waals surface area contributed by atoms with Crippen molar-refractivity contribution in [3.05, 3.63) is 28.9 Å². The Bertz CT molecular complexity index is 776. The number of aromatic nitrogens is 4. The molecule has 5 rings (SSSR count). The topological polar surface area (TPSA) is 71.2 Å². The Labute approximate surface area is 147 Å². The van der Waals surface area contributed by atoms with E-state index in [1.807, 2.05) is 6.92 Å². The minimum Gasteiger partial charge on any atom is -0.424 e. The maximum Gasteiger partial charge on any atom is 0.230 e. The van der Waals surface area contributed by atoms with Gasteiger partial charge in [-0.15, -0.1) is 10.2 Å². The van der Waals surface area contributed by atoms with Crippen LogP contribution in [0, 0.1) is 6.92 Å². The van der Waals surface area contributed by atoms with Crippen LogP contribution in [0.25, 0.3) is 0 Å². The summed E-state index contributed by atoms with van der Waals surface area (Å²) in [4.78, 5) is 14.7. The third kappa shape index (κ3) is 3.01.